The Bertz CT molecular complexity index is 348. The summed E-state index contributed by atoms with van der Waals surface area (Å²) in [4.78, 5) is 0. The van der Waals surface area contributed by atoms with Crippen molar-refractivity contribution in [2.24, 2.45) is 5.92 Å². The van der Waals surface area contributed by atoms with Crippen LogP contribution in [-0.2, 0) is 10.0 Å². The van der Waals surface area contributed by atoms with Crippen molar-refractivity contribution in [1.29, 1.82) is 0 Å². The van der Waals surface area contributed by atoms with Gasteiger partial charge in [0.15, 0.2) is 0 Å². The fourth-order valence-corrected chi connectivity index (χ4v) is 4.12. The average Bonchev–Trinajstić information content (AvgIpc) is 2.38. The van der Waals surface area contributed by atoms with Gasteiger partial charge in [-0.1, -0.05) is 27.2 Å². The number of rotatable bonds is 7. The molecule has 19 heavy (non-hydrogen) atoms. The van der Waals surface area contributed by atoms with Gasteiger partial charge in [0.2, 0.25) is 10.0 Å². The summed E-state index contributed by atoms with van der Waals surface area (Å²) in [6.07, 6.45) is 3.75. The first-order valence-electron chi connectivity index (χ1n) is 7.64. The maximum atomic E-state index is 12.0. The van der Waals surface area contributed by atoms with E-state index in [4.69, 9.17) is 0 Å². The first kappa shape index (κ1) is 16.9. The maximum Gasteiger partial charge on any atom is 0.214 e. The Morgan fingerprint density at radius 3 is 2.26 bits per heavy atom. The van der Waals surface area contributed by atoms with E-state index in [2.05, 4.69) is 26.1 Å². The highest BCUT2D eigenvalue weighted by Crippen LogP contribution is 2.17. The molecular formula is C14H30N2O2S. The Labute approximate surface area is 119 Å². The molecule has 1 aliphatic rings. The normalized spacial score (nSPS) is 22.3. The third kappa shape index (κ3) is 5.04. The molecule has 5 heteroatoms. The van der Waals surface area contributed by atoms with Gasteiger partial charge in [0.25, 0.3) is 0 Å². The van der Waals surface area contributed by atoms with E-state index in [1.807, 2.05) is 6.92 Å². The number of sulfonamides is 1. The highest BCUT2D eigenvalue weighted by molar-refractivity contribution is 7.89. The van der Waals surface area contributed by atoms with Crippen LogP contribution in [0.25, 0.3) is 0 Å². The number of nitrogens with zero attached hydrogens (tertiary/aromatic N) is 1. The maximum absolute atomic E-state index is 12.0. The van der Waals surface area contributed by atoms with Gasteiger partial charge in [0.1, 0.15) is 0 Å². The smallest absolute Gasteiger partial charge is 0.214 e. The molecule has 2 atom stereocenters. The quantitative estimate of drug-likeness (QED) is 0.782. The van der Waals surface area contributed by atoms with Gasteiger partial charge in [-0.05, 0) is 32.1 Å². The van der Waals surface area contributed by atoms with Crippen molar-refractivity contribution >= 4 is 10.0 Å². The summed E-state index contributed by atoms with van der Waals surface area (Å²) in [6.45, 7) is 9.97. The van der Waals surface area contributed by atoms with Crippen LogP contribution < -0.4 is 5.32 Å². The van der Waals surface area contributed by atoms with Gasteiger partial charge >= 0.3 is 0 Å². The lowest BCUT2D eigenvalue weighted by Crippen LogP contribution is -2.48. The SMILES string of the molecule is CCCS(=O)(=O)N1CCC(NC(C)C(C)CC)CC1. The lowest BCUT2D eigenvalue weighted by Gasteiger charge is -2.34. The lowest BCUT2D eigenvalue weighted by atomic mass is 9.98. The predicted octanol–water partition coefficient (Wildman–Crippen LogP) is 2.21. The van der Waals surface area contributed by atoms with Gasteiger partial charge in [0.05, 0.1) is 5.75 Å². The van der Waals surface area contributed by atoms with Gasteiger partial charge in [-0.15, -0.1) is 0 Å². The van der Waals surface area contributed by atoms with Crippen LogP contribution in [0, 0.1) is 5.92 Å². The molecule has 0 radical (unpaired) electrons. The first-order chi connectivity index (χ1) is 8.90. The van der Waals surface area contributed by atoms with Crippen LogP contribution in [0.15, 0.2) is 0 Å². The fourth-order valence-electron chi connectivity index (χ4n) is 2.58. The summed E-state index contributed by atoms with van der Waals surface area (Å²) in [5.41, 5.74) is 0. The van der Waals surface area contributed by atoms with Crippen molar-refractivity contribution in [2.45, 2.75) is 65.5 Å². The van der Waals surface area contributed by atoms with E-state index in [-0.39, 0.29) is 5.75 Å². The van der Waals surface area contributed by atoms with Crippen molar-refractivity contribution in [3.8, 4) is 0 Å². The lowest BCUT2D eigenvalue weighted by molar-refractivity contribution is 0.255. The fraction of sp³-hybridized carbons (Fsp3) is 1.00. The summed E-state index contributed by atoms with van der Waals surface area (Å²) in [5.74, 6) is 0.954. The minimum Gasteiger partial charge on any atom is -0.311 e. The van der Waals surface area contributed by atoms with Gasteiger partial charge in [-0.2, -0.15) is 0 Å². The van der Waals surface area contributed by atoms with E-state index in [1.165, 1.54) is 6.42 Å². The molecular weight excluding hydrogens is 260 g/mol. The van der Waals surface area contributed by atoms with E-state index in [0.717, 1.165) is 12.8 Å². The molecule has 1 fully saturated rings. The second-order valence-corrected chi connectivity index (χ2v) is 7.92. The average molecular weight is 290 g/mol. The summed E-state index contributed by atoms with van der Waals surface area (Å²) >= 11 is 0. The molecule has 0 aliphatic carbocycles. The van der Waals surface area contributed by atoms with Crippen LogP contribution >= 0.6 is 0 Å². The summed E-state index contributed by atoms with van der Waals surface area (Å²) < 4.78 is 25.6. The van der Waals surface area contributed by atoms with Crippen LogP contribution in [0.2, 0.25) is 0 Å². The molecule has 0 aromatic rings. The molecule has 1 aliphatic heterocycles. The third-order valence-corrected chi connectivity index (χ3v) is 6.38. The molecule has 4 nitrogen and oxygen atoms in total. The second kappa shape index (κ2) is 7.60. The molecule has 0 aromatic carbocycles. The summed E-state index contributed by atoms with van der Waals surface area (Å²) in [7, 11) is -3.00. The molecule has 1 N–H and O–H groups in total. The second-order valence-electron chi connectivity index (χ2n) is 5.83. The first-order valence-corrected chi connectivity index (χ1v) is 9.25. The molecule has 0 spiro atoms. The van der Waals surface area contributed by atoms with Gasteiger partial charge < -0.3 is 5.32 Å². The van der Waals surface area contributed by atoms with Gasteiger partial charge in [-0.3, -0.25) is 0 Å². The molecule has 0 bridgehead atoms. The highest BCUT2D eigenvalue weighted by atomic mass is 32.2. The molecule has 2 unspecified atom stereocenters. The molecule has 1 heterocycles. The van der Waals surface area contributed by atoms with E-state index in [9.17, 15) is 8.42 Å². The van der Waals surface area contributed by atoms with E-state index >= 15 is 0 Å². The Hall–Kier alpha value is -0.130. The Morgan fingerprint density at radius 1 is 1.21 bits per heavy atom. The molecule has 0 saturated carbocycles. The zero-order valence-corrected chi connectivity index (χ0v) is 13.7. The third-order valence-electron chi connectivity index (χ3n) is 4.31. The molecule has 0 aromatic heterocycles. The highest BCUT2D eigenvalue weighted by Gasteiger charge is 2.28. The van der Waals surface area contributed by atoms with E-state index in [1.54, 1.807) is 4.31 Å². The van der Waals surface area contributed by atoms with Crippen molar-refractivity contribution in [3.05, 3.63) is 0 Å². The molecule has 1 rings (SSSR count). The van der Waals surface area contributed by atoms with Crippen molar-refractivity contribution in [3.63, 3.8) is 0 Å². The zero-order valence-electron chi connectivity index (χ0n) is 12.9. The standard InChI is InChI=1S/C14H30N2O2S/c1-5-11-19(17,18)16-9-7-14(8-10-16)15-13(4)12(3)6-2/h12-15H,5-11H2,1-4H3. The topological polar surface area (TPSA) is 49.4 Å². The molecule has 1 saturated heterocycles. The van der Waals surface area contributed by atoms with Crippen LogP contribution in [0.1, 0.15) is 53.4 Å². The van der Waals surface area contributed by atoms with E-state index < -0.39 is 10.0 Å². The van der Waals surface area contributed by atoms with Crippen molar-refractivity contribution in [2.75, 3.05) is 18.8 Å². The molecule has 114 valence electrons. The van der Waals surface area contributed by atoms with Crippen LogP contribution in [0.3, 0.4) is 0 Å². The summed E-state index contributed by atoms with van der Waals surface area (Å²) in [6, 6.07) is 0.978. The summed E-state index contributed by atoms with van der Waals surface area (Å²) in [5, 5.41) is 3.65. The minimum absolute atomic E-state index is 0.286. The predicted molar refractivity (Wildman–Crippen MR) is 80.7 cm³/mol. The number of piperidine rings is 1. The van der Waals surface area contributed by atoms with Crippen LogP contribution in [-0.4, -0.2) is 43.6 Å². The number of hydrogen-bond acceptors (Lipinski definition) is 3. The number of hydrogen-bond donors (Lipinski definition) is 1. The minimum atomic E-state index is -3.00. The van der Waals surface area contributed by atoms with Gasteiger partial charge in [-0.25, -0.2) is 12.7 Å². The van der Waals surface area contributed by atoms with Crippen molar-refractivity contribution < 1.29 is 8.42 Å². The van der Waals surface area contributed by atoms with Gasteiger partial charge in [0, 0.05) is 25.2 Å². The van der Waals surface area contributed by atoms with Crippen molar-refractivity contribution in [1.82, 2.24) is 9.62 Å². The number of nitrogens with one attached hydrogen (secondary N) is 1. The Balaban J connectivity index is 2.41. The Morgan fingerprint density at radius 2 is 1.79 bits per heavy atom. The van der Waals surface area contributed by atoms with E-state index in [0.29, 0.717) is 37.5 Å². The monoisotopic (exact) mass is 290 g/mol. The molecule has 0 amide bonds. The zero-order chi connectivity index (χ0) is 14.5. The Kier molecular flexibility index (Phi) is 6.77. The largest absolute Gasteiger partial charge is 0.311 e. The van der Waals surface area contributed by atoms with Crippen LogP contribution in [0.4, 0.5) is 0 Å². The van der Waals surface area contributed by atoms with Crippen LogP contribution in [0.5, 0.6) is 0 Å².